The second-order valence-electron chi connectivity index (χ2n) is 6.44. The topological polar surface area (TPSA) is 29.1 Å². The van der Waals surface area contributed by atoms with Gasteiger partial charge in [-0.1, -0.05) is 82.4 Å². The predicted octanol–water partition coefficient (Wildman–Crippen LogP) is 6.53. The number of hydrogen-bond acceptors (Lipinski definition) is 1. The summed E-state index contributed by atoms with van der Waals surface area (Å²) in [5, 5.41) is 3.13. The quantitative estimate of drug-likeness (QED) is 0.311. The Morgan fingerprint density at radius 2 is 1.64 bits per heavy atom. The maximum Gasteiger partial charge on any atom is 0.244 e. The highest BCUT2D eigenvalue weighted by molar-refractivity contribution is 6.32. The van der Waals surface area contributed by atoms with Gasteiger partial charge in [0.1, 0.15) is 5.82 Å². The molecule has 1 aromatic carbocycles. The predicted molar refractivity (Wildman–Crippen MR) is 105 cm³/mol. The van der Waals surface area contributed by atoms with Crippen LogP contribution in [0.2, 0.25) is 5.02 Å². The number of nitrogens with one attached hydrogen (secondary N) is 1. The average Bonchev–Trinajstić information content (AvgIpc) is 2.59. The molecule has 0 fully saturated rings. The summed E-state index contributed by atoms with van der Waals surface area (Å²) in [5.74, 6) is -0.638. The normalized spacial score (nSPS) is 11.2. The van der Waals surface area contributed by atoms with Crippen LogP contribution in [0.3, 0.4) is 0 Å². The molecular weight excluding hydrogens is 337 g/mol. The van der Waals surface area contributed by atoms with Crippen LogP contribution in [0.15, 0.2) is 24.3 Å². The third kappa shape index (κ3) is 10.3. The molecule has 4 heteroatoms. The standard InChI is InChI=1S/C21H31ClFNO/c1-2-3-4-5-6-7-8-9-10-11-17-24-21(25)16-15-18-19(22)13-12-14-20(18)23/h12-16H,2-11,17H2,1H3,(H,24,25). The van der Waals surface area contributed by atoms with E-state index < -0.39 is 5.82 Å². The zero-order chi connectivity index (χ0) is 18.3. The fourth-order valence-corrected chi connectivity index (χ4v) is 2.94. The maximum atomic E-state index is 13.6. The smallest absolute Gasteiger partial charge is 0.244 e. The monoisotopic (exact) mass is 367 g/mol. The zero-order valence-corrected chi connectivity index (χ0v) is 16.1. The zero-order valence-electron chi connectivity index (χ0n) is 15.3. The Balaban J connectivity index is 2.05. The SMILES string of the molecule is CCCCCCCCCCCCNC(=O)C=Cc1c(F)cccc1Cl. The molecule has 1 aromatic rings. The van der Waals surface area contributed by atoms with Gasteiger partial charge in [0.15, 0.2) is 0 Å². The number of carbonyl (C=O) groups is 1. The van der Waals surface area contributed by atoms with Gasteiger partial charge in [-0.15, -0.1) is 0 Å². The van der Waals surface area contributed by atoms with Crippen molar-refractivity contribution in [2.75, 3.05) is 6.54 Å². The lowest BCUT2D eigenvalue weighted by molar-refractivity contribution is -0.116. The molecule has 0 aromatic heterocycles. The summed E-state index contributed by atoms with van der Waals surface area (Å²) in [7, 11) is 0. The molecule has 0 saturated heterocycles. The molecule has 25 heavy (non-hydrogen) atoms. The van der Waals surface area contributed by atoms with E-state index in [9.17, 15) is 9.18 Å². The molecule has 0 radical (unpaired) electrons. The number of amides is 1. The van der Waals surface area contributed by atoms with Crippen LogP contribution in [0.1, 0.15) is 76.7 Å². The minimum Gasteiger partial charge on any atom is -0.353 e. The molecule has 0 spiro atoms. The van der Waals surface area contributed by atoms with Gasteiger partial charge in [-0.3, -0.25) is 4.79 Å². The Morgan fingerprint density at radius 1 is 1.04 bits per heavy atom. The molecule has 0 aliphatic carbocycles. The van der Waals surface area contributed by atoms with Gasteiger partial charge in [0, 0.05) is 18.2 Å². The molecule has 1 rings (SSSR count). The van der Waals surface area contributed by atoms with Crippen molar-refractivity contribution in [1.82, 2.24) is 5.32 Å². The third-order valence-corrected chi connectivity index (χ3v) is 4.56. The summed E-state index contributed by atoms with van der Waals surface area (Å²) < 4.78 is 13.6. The molecule has 0 atom stereocenters. The van der Waals surface area contributed by atoms with Crippen molar-refractivity contribution in [2.24, 2.45) is 0 Å². The largest absolute Gasteiger partial charge is 0.353 e. The second-order valence-corrected chi connectivity index (χ2v) is 6.85. The molecule has 0 aliphatic rings. The van der Waals surface area contributed by atoms with Crippen LogP contribution in [0, 0.1) is 5.82 Å². The summed E-state index contributed by atoms with van der Waals surface area (Å²) in [6.07, 6.45) is 15.4. The molecule has 0 aliphatic heterocycles. The van der Waals surface area contributed by atoms with E-state index in [-0.39, 0.29) is 11.5 Å². The second kappa shape index (κ2) is 13.9. The van der Waals surface area contributed by atoms with Crippen molar-refractivity contribution < 1.29 is 9.18 Å². The Bertz CT molecular complexity index is 510. The van der Waals surface area contributed by atoms with Gasteiger partial charge in [0.2, 0.25) is 5.91 Å². The van der Waals surface area contributed by atoms with E-state index in [1.165, 1.54) is 69.6 Å². The van der Waals surface area contributed by atoms with Gasteiger partial charge in [0.05, 0.1) is 5.02 Å². The summed E-state index contributed by atoms with van der Waals surface area (Å²) in [6, 6.07) is 4.47. The first kappa shape index (κ1) is 21.7. The molecule has 0 bridgehead atoms. The van der Waals surface area contributed by atoms with Crippen LogP contribution >= 0.6 is 11.6 Å². The fraction of sp³-hybridized carbons (Fsp3) is 0.571. The van der Waals surface area contributed by atoms with Gasteiger partial charge in [-0.2, -0.15) is 0 Å². The lowest BCUT2D eigenvalue weighted by Gasteiger charge is -2.04. The Hall–Kier alpha value is -1.35. The van der Waals surface area contributed by atoms with Crippen LogP contribution < -0.4 is 5.32 Å². The summed E-state index contributed by atoms with van der Waals surface area (Å²) in [4.78, 5) is 11.7. The Morgan fingerprint density at radius 3 is 2.24 bits per heavy atom. The molecule has 0 saturated carbocycles. The highest BCUT2D eigenvalue weighted by Gasteiger charge is 2.03. The van der Waals surface area contributed by atoms with Crippen LogP contribution in [0.5, 0.6) is 0 Å². The third-order valence-electron chi connectivity index (χ3n) is 4.23. The first-order chi connectivity index (χ1) is 12.1. The van der Waals surface area contributed by atoms with Crippen molar-refractivity contribution in [3.05, 3.63) is 40.7 Å². The number of rotatable bonds is 13. The number of benzene rings is 1. The molecule has 1 amide bonds. The molecule has 1 N–H and O–H groups in total. The average molecular weight is 368 g/mol. The van der Waals surface area contributed by atoms with Crippen LogP contribution in [0.4, 0.5) is 4.39 Å². The van der Waals surface area contributed by atoms with Crippen molar-refractivity contribution in [1.29, 1.82) is 0 Å². The first-order valence-corrected chi connectivity index (χ1v) is 9.93. The summed E-state index contributed by atoms with van der Waals surface area (Å²) in [6.45, 7) is 2.90. The van der Waals surface area contributed by atoms with Gasteiger partial charge >= 0.3 is 0 Å². The number of carbonyl (C=O) groups excluding carboxylic acids is 1. The van der Waals surface area contributed by atoms with Gasteiger partial charge in [-0.05, 0) is 24.6 Å². The number of hydrogen-bond donors (Lipinski definition) is 1. The minimum atomic E-state index is -0.425. The minimum absolute atomic E-state index is 0.213. The van der Waals surface area contributed by atoms with Crippen molar-refractivity contribution in [3.8, 4) is 0 Å². The lowest BCUT2D eigenvalue weighted by Crippen LogP contribution is -2.21. The highest BCUT2D eigenvalue weighted by Crippen LogP contribution is 2.20. The Labute approximate surface area is 156 Å². The van der Waals surface area contributed by atoms with Crippen LogP contribution in [0.25, 0.3) is 6.08 Å². The molecule has 140 valence electrons. The molecule has 2 nitrogen and oxygen atoms in total. The first-order valence-electron chi connectivity index (χ1n) is 9.55. The van der Waals surface area contributed by atoms with E-state index >= 15 is 0 Å². The van der Waals surface area contributed by atoms with E-state index in [4.69, 9.17) is 11.6 Å². The van der Waals surface area contributed by atoms with E-state index in [2.05, 4.69) is 12.2 Å². The van der Waals surface area contributed by atoms with Crippen LogP contribution in [-0.2, 0) is 4.79 Å². The van der Waals surface area contributed by atoms with E-state index in [1.807, 2.05) is 0 Å². The van der Waals surface area contributed by atoms with Crippen molar-refractivity contribution in [3.63, 3.8) is 0 Å². The van der Waals surface area contributed by atoms with Crippen molar-refractivity contribution >= 4 is 23.6 Å². The van der Waals surface area contributed by atoms with E-state index in [0.29, 0.717) is 11.6 Å². The number of halogens is 2. The van der Waals surface area contributed by atoms with Gasteiger partial charge in [-0.25, -0.2) is 4.39 Å². The molecule has 0 unspecified atom stereocenters. The van der Waals surface area contributed by atoms with E-state index in [1.54, 1.807) is 12.1 Å². The fourth-order valence-electron chi connectivity index (χ4n) is 2.71. The highest BCUT2D eigenvalue weighted by atomic mass is 35.5. The maximum absolute atomic E-state index is 13.6. The molecular formula is C21H31ClFNO. The summed E-state index contributed by atoms with van der Waals surface area (Å²) >= 11 is 5.91. The molecule has 0 heterocycles. The van der Waals surface area contributed by atoms with Gasteiger partial charge in [0.25, 0.3) is 0 Å². The van der Waals surface area contributed by atoms with Crippen LogP contribution in [-0.4, -0.2) is 12.5 Å². The van der Waals surface area contributed by atoms with E-state index in [0.717, 1.165) is 12.8 Å². The van der Waals surface area contributed by atoms with Crippen molar-refractivity contribution in [2.45, 2.75) is 71.1 Å². The summed E-state index contributed by atoms with van der Waals surface area (Å²) in [5.41, 5.74) is 0.248. The Kier molecular flexibility index (Phi) is 12.0. The van der Waals surface area contributed by atoms with Gasteiger partial charge < -0.3 is 5.32 Å². The lowest BCUT2D eigenvalue weighted by atomic mass is 10.1. The number of unbranched alkanes of at least 4 members (excludes halogenated alkanes) is 9.